The molecule has 0 aliphatic heterocycles. The van der Waals surface area contributed by atoms with Crippen LogP contribution in [0.3, 0.4) is 0 Å². The molecule has 128 valence electrons. The van der Waals surface area contributed by atoms with Gasteiger partial charge in [-0.3, -0.25) is 9.78 Å². The van der Waals surface area contributed by atoms with Gasteiger partial charge in [-0.05, 0) is 61.0 Å². The third-order valence-electron chi connectivity index (χ3n) is 3.97. The first-order valence-corrected chi connectivity index (χ1v) is 8.33. The molecule has 0 bridgehead atoms. The Balaban J connectivity index is 1.67. The van der Waals surface area contributed by atoms with E-state index in [0.29, 0.717) is 21.8 Å². The van der Waals surface area contributed by atoms with E-state index in [-0.39, 0.29) is 5.91 Å². The number of hydrogen-bond acceptors (Lipinski definition) is 4. The van der Waals surface area contributed by atoms with Crippen LogP contribution in [0.1, 0.15) is 15.9 Å². The Kier molecular flexibility index (Phi) is 4.10. The number of nitrogens with zero attached hydrogens (tertiary/aromatic N) is 4. The van der Waals surface area contributed by atoms with E-state index < -0.39 is 0 Å². The second kappa shape index (κ2) is 6.57. The van der Waals surface area contributed by atoms with E-state index in [0.717, 1.165) is 16.8 Å². The number of amides is 1. The molecule has 0 spiro atoms. The van der Waals surface area contributed by atoms with E-state index >= 15 is 0 Å². The Morgan fingerprint density at radius 2 is 1.65 bits per heavy atom. The van der Waals surface area contributed by atoms with Crippen molar-refractivity contribution in [2.24, 2.45) is 0 Å². The number of pyridine rings is 1. The summed E-state index contributed by atoms with van der Waals surface area (Å²) in [5.41, 5.74) is 4.40. The van der Waals surface area contributed by atoms with Crippen LogP contribution in [0.15, 0.2) is 60.9 Å². The largest absolute Gasteiger partial charge is 0.322 e. The van der Waals surface area contributed by atoms with Crippen molar-refractivity contribution in [3.05, 3.63) is 77.1 Å². The van der Waals surface area contributed by atoms with Gasteiger partial charge in [0.1, 0.15) is 11.0 Å². The highest BCUT2D eigenvalue weighted by atomic mass is 35.5. The van der Waals surface area contributed by atoms with Crippen molar-refractivity contribution < 1.29 is 4.79 Å². The van der Waals surface area contributed by atoms with E-state index in [9.17, 15) is 4.79 Å². The van der Waals surface area contributed by atoms with Gasteiger partial charge in [0.15, 0.2) is 0 Å². The third-order valence-corrected chi connectivity index (χ3v) is 4.23. The van der Waals surface area contributed by atoms with Gasteiger partial charge in [0.2, 0.25) is 0 Å². The normalized spacial score (nSPS) is 10.8. The summed E-state index contributed by atoms with van der Waals surface area (Å²) in [7, 11) is 0. The van der Waals surface area contributed by atoms with Crippen molar-refractivity contribution in [1.82, 2.24) is 20.0 Å². The average molecular weight is 364 g/mol. The topological polar surface area (TPSA) is 72.7 Å². The Bertz CT molecular complexity index is 1090. The first kappa shape index (κ1) is 16.2. The number of aryl methyl sites for hydroxylation is 1. The number of anilines is 1. The SMILES string of the molecule is Cc1cc2nn(-c3ccc(Cl)cc3)nc2cc1NC(=O)c1ccncc1. The van der Waals surface area contributed by atoms with Crippen LogP contribution in [0, 0.1) is 6.92 Å². The average Bonchev–Trinajstić information content (AvgIpc) is 3.06. The van der Waals surface area contributed by atoms with Crippen molar-refractivity contribution in [1.29, 1.82) is 0 Å². The Morgan fingerprint density at radius 3 is 2.35 bits per heavy atom. The number of carbonyl (C=O) groups excluding carboxylic acids is 1. The van der Waals surface area contributed by atoms with Crippen molar-refractivity contribution in [2.75, 3.05) is 5.32 Å². The molecular weight excluding hydrogens is 350 g/mol. The second-order valence-corrected chi connectivity index (χ2v) is 6.25. The highest BCUT2D eigenvalue weighted by Gasteiger charge is 2.11. The lowest BCUT2D eigenvalue weighted by molar-refractivity contribution is 0.102. The minimum Gasteiger partial charge on any atom is -0.322 e. The zero-order valence-corrected chi connectivity index (χ0v) is 14.6. The highest BCUT2D eigenvalue weighted by molar-refractivity contribution is 6.30. The summed E-state index contributed by atoms with van der Waals surface area (Å²) < 4.78 is 0. The van der Waals surface area contributed by atoms with Crippen LogP contribution in [0.2, 0.25) is 5.02 Å². The summed E-state index contributed by atoms with van der Waals surface area (Å²) in [6.45, 7) is 1.92. The van der Waals surface area contributed by atoms with Gasteiger partial charge in [0.05, 0.1) is 5.69 Å². The number of aromatic nitrogens is 4. The summed E-state index contributed by atoms with van der Waals surface area (Å²) in [6, 6.07) is 14.3. The maximum atomic E-state index is 12.4. The molecule has 6 nitrogen and oxygen atoms in total. The lowest BCUT2D eigenvalue weighted by Crippen LogP contribution is -2.12. The molecular formula is C19H14ClN5O. The van der Waals surface area contributed by atoms with E-state index in [4.69, 9.17) is 11.6 Å². The number of nitrogens with one attached hydrogen (secondary N) is 1. The Labute approximate surface area is 154 Å². The molecule has 0 unspecified atom stereocenters. The van der Waals surface area contributed by atoms with Gasteiger partial charge in [0.25, 0.3) is 5.91 Å². The molecule has 2 heterocycles. The molecule has 4 aromatic rings. The van der Waals surface area contributed by atoms with E-state index in [1.807, 2.05) is 31.2 Å². The lowest BCUT2D eigenvalue weighted by Gasteiger charge is -2.07. The number of halogens is 1. The summed E-state index contributed by atoms with van der Waals surface area (Å²) in [6.07, 6.45) is 3.17. The molecule has 4 rings (SSSR count). The molecule has 2 aromatic carbocycles. The quantitative estimate of drug-likeness (QED) is 0.596. The van der Waals surface area contributed by atoms with Crippen LogP contribution in [0.25, 0.3) is 16.7 Å². The third kappa shape index (κ3) is 3.14. The van der Waals surface area contributed by atoms with E-state index in [1.165, 1.54) is 0 Å². The van der Waals surface area contributed by atoms with Gasteiger partial charge < -0.3 is 5.32 Å². The minimum absolute atomic E-state index is 0.194. The number of carbonyl (C=O) groups is 1. The van der Waals surface area contributed by atoms with Crippen LogP contribution >= 0.6 is 11.6 Å². The maximum absolute atomic E-state index is 12.4. The molecule has 0 atom stereocenters. The molecule has 0 saturated heterocycles. The van der Waals surface area contributed by atoms with Gasteiger partial charge >= 0.3 is 0 Å². The first-order chi connectivity index (χ1) is 12.6. The fourth-order valence-corrected chi connectivity index (χ4v) is 2.72. The highest BCUT2D eigenvalue weighted by Crippen LogP contribution is 2.23. The van der Waals surface area contributed by atoms with E-state index in [2.05, 4.69) is 20.5 Å². The number of fused-ring (bicyclic) bond motifs is 1. The van der Waals surface area contributed by atoms with Crippen molar-refractivity contribution >= 4 is 34.2 Å². The molecule has 1 amide bonds. The number of hydrogen-bond donors (Lipinski definition) is 1. The number of rotatable bonds is 3. The Hall–Kier alpha value is -3.25. The summed E-state index contributed by atoms with van der Waals surface area (Å²) in [5.74, 6) is -0.194. The van der Waals surface area contributed by atoms with Crippen molar-refractivity contribution in [3.8, 4) is 5.69 Å². The first-order valence-electron chi connectivity index (χ1n) is 7.95. The molecule has 0 saturated carbocycles. The van der Waals surface area contributed by atoms with Gasteiger partial charge in [0, 0.05) is 28.7 Å². The predicted octanol–water partition coefficient (Wildman–Crippen LogP) is 4.03. The number of benzene rings is 2. The molecule has 0 fully saturated rings. The smallest absolute Gasteiger partial charge is 0.255 e. The molecule has 0 radical (unpaired) electrons. The fourth-order valence-electron chi connectivity index (χ4n) is 2.59. The summed E-state index contributed by atoms with van der Waals surface area (Å²) >= 11 is 5.92. The van der Waals surface area contributed by atoms with Crippen molar-refractivity contribution in [2.45, 2.75) is 6.92 Å². The van der Waals surface area contributed by atoms with Crippen LogP contribution < -0.4 is 5.32 Å². The van der Waals surface area contributed by atoms with Gasteiger partial charge in [-0.25, -0.2) is 0 Å². The molecule has 26 heavy (non-hydrogen) atoms. The van der Waals surface area contributed by atoms with E-state index in [1.54, 1.807) is 41.5 Å². The predicted molar refractivity (Wildman–Crippen MR) is 101 cm³/mol. The van der Waals surface area contributed by atoms with Crippen LogP contribution in [-0.4, -0.2) is 25.9 Å². The standard InChI is InChI=1S/C19H14ClN5O/c1-12-10-17-18(24-25(23-17)15-4-2-14(20)3-5-15)11-16(12)22-19(26)13-6-8-21-9-7-13/h2-11H,1H3,(H,22,26). The molecule has 1 N–H and O–H groups in total. The maximum Gasteiger partial charge on any atom is 0.255 e. The van der Waals surface area contributed by atoms with Gasteiger partial charge in [-0.15, -0.1) is 10.2 Å². The monoisotopic (exact) mass is 363 g/mol. The second-order valence-electron chi connectivity index (χ2n) is 5.81. The van der Waals surface area contributed by atoms with Crippen LogP contribution in [-0.2, 0) is 0 Å². The van der Waals surface area contributed by atoms with Crippen LogP contribution in [0.5, 0.6) is 0 Å². The Morgan fingerprint density at radius 1 is 1.00 bits per heavy atom. The zero-order valence-electron chi connectivity index (χ0n) is 13.8. The van der Waals surface area contributed by atoms with Gasteiger partial charge in [-0.2, -0.15) is 4.80 Å². The van der Waals surface area contributed by atoms with Crippen LogP contribution in [0.4, 0.5) is 5.69 Å². The molecule has 0 aliphatic carbocycles. The zero-order chi connectivity index (χ0) is 18.1. The lowest BCUT2D eigenvalue weighted by atomic mass is 10.1. The molecule has 7 heteroatoms. The summed E-state index contributed by atoms with van der Waals surface area (Å²) in [4.78, 5) is 17.8. The molecule has 2 aromatic heterocycles. The van der Waals surface area contributed by atoms with Gasteiger partial charge in [-0.1, -0.05) is 11.6 Å². The van der Waals surface area contributed by atoms with Crippen molar-refractivity contribution in [3.63, 3.8) is 0 Å². The minimum atomic E-state index is -0.194. The molecule has 0 aliphatic rings. The fraction of sp³-hybridized carbons (Fsp3) is 0.0526. The summed E-state index contributed by atoms with van der Waals surface area (Å²) in [5, 5.41) is 12.6.